The number of anilines is 2. The number of halogens is 4. The number of rotatable bonds is 4. The molecule has 0 bridgehead atoms. The fourth-order valence-electron chi connectivity index (χ4n) is 4.84. The highest BCUT2D eigenvalue weighted by Gasteiger charge is 2.47. The normalized spacial score (nSPS) is 18.9. The van der Waals surface area contributed by atoms with Crippen LogP contribution in [-0.2, 0) is 16.0 Å². The van der Waals surface area contributed by atoms with E-state index in [2.05, 4.69) is 15.4 Å². The third-order valence-electron chi connectivity index (χ3n) is 6.48. The number of nitrogens with zero attached hydrogens (tertiary/aromatic N) is 5. The van der Waals surface area contributed by atoms with Crippen LogP contribution in [0.1, 0.15) is 36.6 Å². The van der Waals surface area contributed by atoms with Crippen LogP contribution in [0.2, 0.25) is 5.15 Å². The number of aryl methyl sites for hydroxylation is 1. The summed E-state index contributed by atoms with van der Waals surface area (Å²) in [5, 5.41) is 7.07. The standard InChI is InChI=1S/C23H22ClF3N6O2/c1-31(22(35)15-8-9-20(34)29-15)21(23(25,26)27)13-4-6-14(7-5-13)32-10-2-3-16-17(32)12-28-19-11-18(24)30-33(16)19/h4-7,11-12,15,21H,2-3,8-10H2,1H3,(H,29,34)/t15-,21-/m0/s1. The van der Waals surface area contributed by atoms with E-state index in [-0.39, 0.29) is 24.3 Å². The zero-order valence-electron chi connectivity index (χ0n) is 18.7. The summed E-state index contributed by atoms with van der Waals surface area (Å²) in [4.78, 5) is 31.2. The van der Waals surface area contributed by atoms with Gasteiger partial charge in [0.2, 0.25) is 11.8 Å². The van der Waals surface area contributed by atoms with Crippen molar-refractivity contribution in [1.29, 1.82) is 0 Å². The van der Waals surface area contributed by atoms with Gasteiger partial charge in [-0.15, -0.1) is 0 Å². The number of amides is 2. The second-order valence-electron chi connectivity index (χ2n) is 8.73. The maximum Gasteiger partial charge on any atom is 0.413 e. The van der Waals surface area contributed by atoms with E-state index in [1.165, 1.54) is 12.1 Å². The van der Waals surface area contributed by atoms with Crippen LogP contribution in [0.5, 0.6) is 0 Å². The lowest BCUT2D eigenvalue weighted by Gasteiger charge is -2.33. The Labute approximate surface area is 203 Å². The molecule has 0 unspecified atom stereocenters. The number of alkyl halides is 3. The SMILES string of the molecule is CN(C(=O)[C@@H]1CCC(=O)N1)[C@@H](c1ccc(N2CCCc3c2cnc2cc(Cl)nn32)cc1)C(F)(F)F. The first kappa shape index (κ1) is 23.4. The van der Waals surface area contributed by atoms with E-state index >= 15 is 0 Å². The summed E-state index contributed by atoms with van der Waals surface area (Å²) in [6, 6.07) is 4.58. The van der Waals surface area contributed by atoms with E-state index in [1.807, 2.05) is 4.90 Å². The number of benzene rings is 1. The van der Waals surface area contributed by atoms with Crippen LogP contribution in [0.3, 0.4) is 0 Å². The molecule has 4 heterocycles. The Bertz CT molecular complexity index is 1290. The first-order chi connectivity index (χ1) is 16.6. The number of aromatic nitrogens is 3. The molecule has 5 rings (SSSR count). The van der Waals surface area contributed by atoms with Crippen molar-refractivity contribution in [2.45, 2.75) is 43.9 Å². The molecule has 0 spiro atoms. The van der Waals surface area contributed by atoms with Gasteiger partial charge in [0.25, 0.3) is 0 Å². The van der Waals surface area contributed by atoms with Gasteiger partial charge in [-0.3, -0.25) is 9.59 Å². The Morgan fingerprint density at radius 1 is 1.26 bits per heavy atom. The summed E-state index contributed by atoms with van der Waals surface area (Å²) in [7, 11) is 1.12. The zero-order chi connectivity index (χ0) is 24.9. The van der Waals surface area contributed by atoms with Gasteiger partial charge in [-0.1, -0.05) is 23.7 Å². The second-order valence-corrected chi connectivity index (χ2v) is 9.11. The molecule has 0 radical (unpaired) electrons. The van der Waals surface area contributed by atoms with E-state index in [1.54, 1.807) is 28.9 Å². The number of hydrogen-bond donors (Lipinski definition) is 1. The van der Waals surface area contributed by atoms with Crippen LogP contribution in [0.15, 0.2) is 36.5 Å². The summed E-state index contributed by atoms with van der Waals surface area (Å²) in [6.45, 7) is 0.664. The van der Waals surface area contributed by atoms with E-state index in [0.29, 0.717) is 27.9 Å². The Morgan fingerprint density at radius 2 is 2.00 bits per heavy atom. The van der Waals surface area contributed by atoms with E-state index in [9.17, 15) is 22.8 Å². The van der Waals surface area contributed by atoms with E-state index in [0.717, 1.165) is 31.3 Å². The van der Waals surface area contributed by atoms with Gasteiger partial charge in [-0.2, -0.15) is 18.3 Å². The number of nitrogens with one attached hydrogen (secondary N) is 1. The summed E-state index contributed by atoms with van der Waals surface area (Å²) < 4.78 is 43.9. The summed E-state index contributed by atoms with van der Waals surface area (Å²) in [5.74, 6) is -1.10. The molecule has 35 heavy (non-hydrogen) atoms. The van der Waals surface area contributed by atoms with Crippen LogP contribution in [0.25, 0.3) is 5.65 Å². The third-order valence-corrected chi connectivity index (χ3v) is 6.66. The number of likely N-dealkylation sites (N-methyl/N-ethyl adjacent to an activating group) is 1. The number of carbonyl (C=O) groups excluding carboxylic acids is 2. The predicted octanol–water partition coefficient (Wildman–Crippen LogP) is 3.81. The lowest BCUT2D eigenvalue weighted by Crippen LogP contribution is -2.47. The van der Waals surface area contributed by atoms with Crippen molar-refractivity contribution in [3.63, 3.8) is 0 Å². The smallest absolute Gasteiger partial charge is 0.344 e. The van der Waals surface area contributed by atoms with Crippen LogP contribution in [0.4, 0.5) is 24.5 Å². The summed E-state index contributed by atoms with van der Waals surface area (Å²) in [6.07, 6.45) is -1.08. The lowest BCUT2D eigenvalue weighted by atomic mass is 10.0. The average molecular weight is 507 g/mol. The molecule has 2 aromatic heterocycles. The maximum atomic E-state index is 14.1. The molecule has 12 heteroatoms. The molecule has 2 aliphatic heterocycles. The molecule has 2 atom stereocenters. The minimum Gasteiger partial charge on any atom is -0.344 e. The molecule has 1 aromatic carbocycles. The Morgan fingerprint density at radius 3 is 2.66 bits per heavy atom. The minimum atomic E-state index is -4.69. The number of fused-ring (bicyclic) bond motifs is 3. The van der Waals surface area contributed by atoms with Crippen molar-refractivity contribution < 1.29 is 22.8 Å². The fraction of sp³-hybridized carbons (Fsp3) is 0.391. The highest BCUT2D eigenvalue weighted by molar-refractivity contribution is 6.29. The largest absolute Gasteiger partial charge is 0.413 e. The van der Waals surface area contributed by atoms with Crippen molar-refractivity contribution in [2.75, 3.05) is 18.5 Å². The first-order valence-corrected chi connectivity index (χ1v) is 11.5. The Hall–Kier alpha value is -3.34. The molecule has 0 saturated carbocycles. The van der Waals surface area contributed by atoms with Gasteiger partial charge in [0.1, 0.15) is 6.04 Å². The first-order valence-electron chi connectivity index (χ1n) is 11.2. The van der Waals surface area contributed by atoms with Gasteiger partial charge in [-0.25, -0.2) is 9.50 Å². The van der Waals surface area contributed by atoms with E-state index in [4.69, 9.17) is 11.6 Å². The van der Waals surface area contributed by atoms with Crippen LogP contribution in [0, 0.1) is 0 Å². The van der Waals surface area contributed by atoms with Gasteiger partial charge in [0.05, 0.1) is 17.6 Å². The summed E-state index contributed by atoms with van der Waals surface area (Å²) in [5.41, 5.74) is 3.01. The average Bonchev–Trinajstić information content (AvgIpc) is 3.42. The second kappa shape index (κ2) is 8.71. The zero-order valence-corrected chi connectivity index (χ0v) is 19.5. The topological polar surface area (TPSA) is 82.8 Å². The van der Waals surface area contributed by atoms with Crippen LogP contribution < -0.4 is 10.2 Å². The molecule has 184 valence electrons. The molecule has 2 aliphatic rings. The highest BCUT2D eigenvalue weighted by atomic mass is 35.5. The fourth-order valence-corrected chi connectivity index (χ4v) is 5.01. The molecular weight excluding hydrogens is 485 g/mol. The van der Waals surface area contributed by atoms with Gasteiger partial charge >= 0.3 is 6.18 Å². The minimum absolute atomic E-state index is 0.0638. The van der Waals surface area contributed by atoms with Gasteiger partial charge in [0.15, 0.2) is 16.8 Å². The van der Waals surface area contributed by atoms with Crippen LogP contribution >= 0.6 is 11.6 Å². The Kier molecular flexibility index (Phi) is 5.82. The summed E-state index contributed by atoms with van der Waals surface area (Å²) >= 11 is 6.03. The van der Waals surface area contributed by atoms with Crippen LogP contribution in [-0.4, -0.2) is 57.1 Å². The molecule has 2 amide bonds. The van der Waals surface area contributed by atoms with Crippen molar-refractivity contribution in [2.24, 2.45) is 0 Å². The highest BCUT2D eigenvalue weighted by Crippen LogP contribution is 2.39. The molecular formula is C23H22ClF3N6O2. The van der Waals surface area contributed by atoms with Gasteiger partial charge < -0.3 is 15.1 Å². The van der Waals surface area contributed by atoms with Crippen molar-refractivity contribution >= 4 is 40.4 Å². The lowest BCUT2D eigenvalue weighted by molar-refractivity contribution is -0.189. The number of carbonyl (C=O) groups is 2. The maximum absolute atomic E-state index is 14.1. The van der Waals surface area contributed by atoms with E-state index < -0.39 is 24.2 Å². The van der Waals surface area contributed by atoms with Crippen molar-refractivity contribution in [1.82, 2.24) is 24.8 Å². The third kappa shape index (κ3) is 4.29. The molecule has 1 N–H and O–H groups in total. The number of hydrogen-bond acceptors (Lipinski definition) is 5. The van der Waals surface area contributed by atoms with Gasteiger partial charge in [0, 0.05) is 31.8 Å². The van der Waals surface area contributed by atoms with Crippen molar-refractivity contribution in [3.05, 3.63) is 52.9 Å². The molecule has 0 aliphatic carbocycles. The molecule has 1 saturated heterocycles. The van der Waals surface area contributed by atoms with Gasteiger partial charge in [-0.05, 0) is 37.0 Å². The quantitative estimate of drug-likeness (QED) is 0.582. The monoisotopic (exact) mass is 506 g/mol. The predicted molar refractivity (Wildman–Crippen MR) is 122 cm³/mol. The molecule has 3 aromatic rings. The van der Waals surface area contributed by atoms with Crippen molar-refractivity contribution in [3.8, 4) is 0 Å². The Balaban J connectivity index is 1.44. The molecule has 8 nitrogen and oxygen atoms in total. The molecule has 1 fully saturated rings.